The highest BCUT2D eigenvalue weighted by atomic mass is 32.2. The number of carbonyl (C=O) groups excluding carboxylic acids is 1. The molecule has 4 rings (SSSR count). The molecule has 1 aliphatic carbocycles. The lowest BCUT2D eigenvalue weighted by atomic mass is 10.0. The molecule has 1 aromatic heterocycles. The predicted molar refractivity (Wildman–Crippen MR) is 82.2 cm³/mol. The summed E-state index contributed by atoms with van der Waals surface area (Å²) in [5, 5.41) is 3.10. The SMILES string of the molecule is O=C(NC1CCSc2c(F)cccc21)C1CC1c1ccco1. The average Bonchev–Trinajstić information content (AvgIpc) is 3.14. The molecule has 2 aromatic rings. The van der Waals surface area contributed by atoms with Crippen molar-refractivity contribution in [2.24, 2.45) is 5.92 Å². The Bertz CT molecular complexity index is 701. The molecule has 0 saturated heterocycles. The van der Waals surface area contributed by atoms with Crippen molar-refractivity contribution in [1.82, 2.24) is 5.32 Å². The lowest BCUT2D eigenvalue weighted by Crippen LogP contribution is -2.32. The molecule has 0 radical (unpaired) electrons. The van der Waals surface area contributed by atoms with E-state index in [2.05, 4.69) is 5.32 Å². The normalized spacial score (nSPS) is 26.3. The van der Waals surface area contributed by atoms with Crippen molar-refractivity contribution < 1.29 is 13.6 Å². The maximum Gasteiger partial charge on any atom is 0.224 e. The molecule has 3 atom stereocenters. The zero-order valence-corrected chi connectivity index (χ0v) is 12.7. The Morgan fingerprint density at radius 3 is 3.05 bits per heavy atom. The largest absolute Gasteiger partial charge is 0.469 e. The predicted octanol–water partition coefficient (Wildman–Crippen LogP) is 3.88. The molecule has 5 heteroatoms. The van der Waals surface area contributed by atoms with Crippen molar-refractivity contribution in [2.75, 3.05) is 5.75 Å². The third kappa shape index (κ3) is 2.43. The third-order valence-electron chi connectivity index (χ3n) is 4.38. The molecule has 3 nitrogen and oxygen atoms in total. The Morgan fingerprint density at radius 1 is 1.32 bits per heavy atom. The van der Waals surface area contributed by atoms with Gasteiger partial charge in [0.15, 0.2) is 0 Å². The van der Waals surface area contributed by atoms with Crippen molar-refractivity contribution in [1.29, 1.82) is 0 Å². The maximum absolute atomic E-state index is 13.9. The van der Waals surface area contributed by atoms with Crippen LogP contribution in [0.25, 0.3) is 0 Å². The number of halogens is 1. The van der Waals surface area contributed by atoms with Gasteiger partial charge in [-0.05, 0) is 36.6 Å². The van der Waals surface area contributed by atoms with Crippen molar-refractivity contribution in [2.45, 2.75) is 29.7 Å². The van der Waals surface area contributed by atoms with E-state index in [1.807, 2.05) is 18.2 Å². The summed E-state index contributed by atoms with van der Waals surface area (Å²) in [6.07, 6.45) is 3.31. The van der Waals surface area contributed by atoms with Gasteiger partial charge >= 0.3 is 0 Å². The van der Waals surface area contributed by atoms with Crippen LogP contribution in [0, 0.1) is 11.7 Å². The smallest absolute Gasteiger partial charge is 0.224 e. The minimum absolute atomic E-state index is 0.0160. The summed E-state index contributed by atoms with van der Waals surface area (Å²) in [6.45, 7) is 0. The fourth-order valence-corrected chi connectivity index (χ4v) is 4.26. The van der Waals surface area contributed by atoms with E-state index < -0.39 is 0 Å². The fraction of sp³-hybridized carbons (Fsp3) is 0.353. The molecule has 1 N–H and O–H groups in total. The van der Waals surface area contributed by atoms with E-state index in [1.165, 1.54) is 17.8 Å². The van der Waals surface area contributed by atoms with Crippen molar-refractivity contribution >= 4 is 17.7 Å². The van der Waals surface area contributed by atoms with Gasteiger partial charge in [-0.25, -0.2) is 4.39 Å². The summed E-state index contributed by atoms with van der Waals surface area (Å²) in [6, 6.07) is 8.77. The summed E-state index contributed by atoms with van der Waals surface area (Å²) in [7, 11) is 0. The highest BCUT2D eigenvalue weighted by molar-refractivity contribution is 7.99. The van der Waals surface area contributed by atoms with Crippen LogP contribution in [0.1, 0.15) is 36.1 Å². The molecule has 1 saturated carbocycles. The number of hydrogen-bond donors (Lipinski definition) is 1. The standard InChI is InChI=1S/C17H16FNO2S/c18-13-4-1-3-10-14(6-8-22-16(10)13)19-17(20)12-9-11(12)15-5-2-7-21-15/h1-5,7,11-12,14H,6,8-9H2,(H,19,20). The highest BCUT2D eigenvalue weighted by Gasteiger charge is 2.46. The van der Waals surface area contributed by atoms with Gasteiger partial charge in [0.1, 0.15) is 11.6 Å². The van der Waals surface area contributed by atoms with Gasteiger partial charge in [0.2, 0.25) is 5.91 Å². The number of thioether (sulfide) groups is 1. The number of carbonyl (C=O) groups is 1. The molecular weight excluding hydrogens is 301 g/mol. The van der Waals surface area contributed by atoms with Gasteiger partial charge < -0.3 is 9.73 Å². The minimum Gasteiger partial charge on any atom is -0.469 e. The molecule has 3 unspecified atom stereocenters. The minimum atomic E-state index is -0.193. The Kier molecular flexibility index (Phi) is 3.45. The van der Waals surface area contributed by atoms with Gasteiger partial charge in [0.05, 0.1) is 12.3 Å². The lowest BCUT2D eigenvalue weighted by Gasteiger charge is -2.26. The van der Waals surface area contributed by atoms with Gasteiger partial charge in [-0.1, -0.05) is 12.1 Å². The molecule has 2 aliphatic rings. The van der Waals surface area contributed by atoms with Crippen LogP contribution < -0.4 is 5.32 Å². The Morgan fingerprint density at radius 2 is 2.23 bits per heavy atom. The second-order valence-corrected chi connectivity index (χ2v) is 6.93. The van der Waals surface area contributed by atoms with E-state index in [-0.39, 0.29) is 29.6 Å². The van der Waals surface area contributed by atoms with E-state index in [1.54, 1.807) is 12.3 Å². The zero-order chi connectivity index (χ0) is 15.1. The fourth-order valence-electron chi connectivity index (χ4n) is 3.12. The summed E-state index contributed by atoms with van der Waals surface area (Å²) in [4.78, 5) is 13.1. The van der Waals surface area contributed by atoms with Crippen LogP contribution in [0.15, 0.2) is 45.9 Å². The topological polar surface area (TPSA) is 42.2 Å². The van der Waals surface area contributed by atoms with Gasteiger partial charge in [-0.15, -0.1) is 11.8 Å². The third-order valence-corrected chi connectivity index (χ3v) is 5.54. The number of hydrogen-bond acceptors (Lipinski definition) is 3. The summed E-state index contributed by atoms with van der Waals surface area (Å²) in [5.41, 5.74) is 0.903. The van der Waals surface area contributed by atoms with Crippen LogP contribution >= 0.6 is 11.8 Å². The molecule has 2 heterocycles. The Balaban J connectivity index is 1.47. The van der Waals surface area contributed by atoms with E-state index >= 15 is 0 Å². The van der Waals surface area contributed by atoms with Gasteiger partial charge in [0.25, 0.3) is 0 Å². The molecule has 1 aromatic carbocycles. The number of benzene rings is 1. The van der Waals surface area contributed by atoms with Crippen molar-refractivity contribution in [3.63, 3.8) is 0 Å². The van der Waals surface area contributed by atoms with Crippen molar-refractivity contribution in [3.8, 4) is 0 Å². The second-order valence-electron chi connectivity index (χ2n) is 5.82. The first-order valence-electron chi connectivity index (χ1n) is 7.49. The molecule has 1 amide bonds. The molecule has 1 aliphatic heterocycles. The van der Waals surface area contributed by atoms with Crippen LogP contribution in [-0.4, -0.2) is 11.7 Å². The number of furan rings is 1. The highest BCUT2D eigenvalue weighted by Crippen LogP contribution is 2.48. The average molecular weight is 317 g/mol. The first-order chi connectivity index (χ1) is 10.7. The van der Waals surface area contributed by atoms with Crippen LogP contribution in [0.5, 0.6) is 0 Å². The first kappa shape index (κ1) is 13.9. The van der Waals surface area contributed by atoms with Crippen LogP contribution in [0.2, 0.25) is 0 Å². The molecule has 114 valence electrons. The van der Waals surface area contributed by atoms with E-state index in [0.29, 0.717) is 4.90 Å². The molecular formula is C17H16FNO2S. The van der Waals surface area contributed by atoms with Crippen molar-refractivity contribution in [3.05, 3.63) is 53.7 Å². The van der Waals surface area contributed by atoms with Crippen LogP contribution in [0.3, 0.4) is 0 Å². The number of amides is 1. The van der Waals surface area contributed by atoms with Crippen LogP contribution in [-0.2, 0) is 4.79 Å². The zero-order valence-electron chi connectivity index (χ0n) is 11.9. The summed E-state index contributed by atoms with van der Waals surface area (Å²) >= 11 is 1.53. The Labute approximate surface area is 132 Å². The Hall–Kier alpha value is -1.75. The van der Waals surface area contributed by atoms with Gasteiger partial charge in [-0.2, -0.15) is 0 Å². The van der Waals surface area contributed by atoms with Gasteiger partial charge in [-0.3, -0.25) is 4.79 Å². The molecule has 0 bridgehead atoms. The number of nitrogens with one attached hydrogen (secondary N) is 1. The monoisotopic (exact) mass is 317 g/mol. The molecule has 1 fully saturated rings. The van der Waals surface area contributed by atoms with E-state index in [9.17, 15) is 9.18 Å². The number of rotatable bonds is 3. The maximum atomic E-state index is 13.9. The number of fused-ring (bicyclic) bond motifs is 1. The van der Waals surface area contributed by atoms with Gasteiger partial charge in [0, 0.05) is 22.5 Å². The lowest BCUT2D eigenvalue weighted by molar-refractivity contribution is -0.123. The summed E-state index contributed by atoms with van der Waals surface area (Å²) < 4.78 is 19.2. The first-order valence-corrected chi connectivity index (χ1v) is 8.47. The van der Waals surface area contributed by atoms with E-state index in [4.69, 9.17) is 4.42 Å². The quantitative estimate of drug-likeness (QED) is 0.934. The van der Waals surface area contributed by atoms with E-state index in [0.717, 1.165) is 29.9 Å². The summed E-state index contributed by atoms with van der Waals surface area (Å²) in [5.74, 6) is 1.74. The molecule has 22 heavy (non-hydrogen) atoms. The second kappa shape index (κ2) is 5.47. The molecule has 0 spiro atoms. The van der Waals surface area contributed by atoms with Crippen LogP contribution in [0.4, 0.5) is 4.39 Å².